The second-order valence-corrected chi connectivity index (χ2v) is 16.9. The minimum atomic E-state index is -3.02. The van der Waals surface area contributed by atoms with Gasteiger partial charge in [0.2, 0.25) is 11.8 Å². The van der Waals surface area contributed by atoms with Gasteiger partial charge >= 0.3 is 5.97 Å². The van der Waals surface area contributed by atoms with Crippen LogP contribution in [0.3, 0.4) is 0 Å². The number of carboxylic acids is 1. The minimum Gasteiger partial charge on any atom is -0.477 e. The van der Waals surface area contributed by atoms with E-state index in [9.17, 15) is 106 Å². The van der Waals surface area contributed by atoms with Gasteiger partial charge in [-0.25, -0.2) is 4.79 Å². The van der Waals surface area contributed by atoms with Crippen molar-refractivity contribution in [2.45, 2.75) is 172 Å². The number of aliphatic hydroxyl groups is 17. The number of amides is 2. The second kappa shape index (κ2) is 24.4. The molecule has 5 rings (SSSR count). The Morgan fingerprint density at radius 3 is 1.72 bits per heavy atom. The molecule has 2 amide bonds. The van der Waals surface area contributed by atoms with Gasteiger partial charge in [-0.3, -0.25) is 9.59 Å². The highest BCUT2D eigenvalue weighted by atomic mass is 16.8. The van der Waals surface area contributed by atoms with E-state index in [0.29, 0.717) is 0 Å². The van der Waals surface area contributed by atoms with Crippen molar-refractivity contribution in [3.63, 3.8) is 0 Å². The zero-order chi connectivity index (χ0) is 51.4. The molecule has 5 aliphatic rings. The van der Waals surface area contributed by atoms with Gasteiger partial charge in [0.05, 0.1) is 45.2 Å². The Balaban J connectivity index is 1.35. The predicted octanol–water partition coefficient (Wildman–Crippen LogP) is -13.5. The molecular formula is C37H62N2O30. The first-order chi connectivity index (χ1) is 32.5. The van der Waals surface area contributed by atoms with Gasteiger partial charge in [-0.15, -0.1) is 0 Å². The van der Waals surface area contributed by atoms with Gasteiger partial charge in [-0.1, -0.05) is 0 Å². The number of ether oxygens (including phenoxy) is 9. The zero-order valence-corrected chi connectivity index (χ0v) is 36.3. The molecule has 5 heterocycles. The number of carbonyl (C=O) groups excluding carboxylic acids is 2. The molecule has 0 aliphatic carbocycles. The van der Waals surface area contributed by atoms with Gasteiger partial charge in [-0.2, -0.15) is 0 Å². The van der Waals surface area contributed by atoms with Gasteiger partial charge in [0, 0.05) is 13.3 Å². The summed E-state index contributed by atoms with van der Waals surface area (Å²) in [6.45, 7) is -5.39. The molecule has 20 N–H and O–H groups in total. The van der Waals surface area contributed by atoms with Gasteiger partial charge in [0.25, 0.3) is 5.79 Å². The number of aliphatic hydroxyl groups excluding tert-OH is 17. The summed E-state index contributed by atoms with van der Waals surface area (Å²) >= 11 is 0. The first-order valence-electron chi connectivity index (χ1n) is 21.4. The van der Waals surface area contributed by atoms with Crippen molar-refractivity contribution in [1.29, 1.82) is 0 Å². The number of aliphatic carboxylic acids is 1. The highest BCUT2D eigenvalue weighted by molar-refractivity contribution is 5.78. The first kappa shape index (κ1) is 57.3. The summed E-state index contributed by atoms with van der Waals surface area (Å²) in [5, 5.41) is 193. The molecule has 5 aliphatic heterocycles. The first-order valence-corrected chi connectivity index (χ1v) is 21.4. The zero-order valence-electron chi connectivity index (χ0n) is 36.3. The van der Waals surface area contributed by atoms with E-state index >= 15 is 0 Å². The lowest BCUT2D eigenvalue weighted by Gasteiger charge is -2.50. The number of hydrogen-bond donors (Lipinski definition) is 20. The average molecular weight is 1010 g/mol. The molecule has 0 aromatic rings. The summed E-state index contributed by atoms with van der Waals surface area (Å²) in [6, 6.07) is -3.54. The number of nitrogens with one attached hydrogen (secondary N) is 2. The normalized spacial score (nSPS) is 46.1. The van der Waals surface area contributed by atoms with E-state index < -0.39 is 223 Å². The van der Waals surface area contributed by atoms with Crippen LogP contribution >= 0.6 is 0 Å². The monoisotopic (exact) mass is 1010 g/mol. The molecule has 400 valence electrons. The molecular weight excluding hydrogens is 952 g/mol. The molecule has 0 aromatic carbocycles. The van der Waals surface area contributed by atoms with Crippen molar-refractivity contribution >= 4 is 17.8 Å². The Morgan fingerprint density at radius 2 is 1.16 bits per heavy atom. The number of carbonyl (C=O) groups is 3. The Hall–Kier alpha value is -2.63. The molecule has 0 saturated carbocycles. The summed E-state index contributed by atoms with van der Waals surface area (Å²) in [5.41, 5.74) is 0. The van der Waals surface area contributed by atoms with Crippen LogP contribution in [0, 0.1) is 0 Å². The lowest BCUT2D eigenvalue weighted by molar-refractivity contribution is -0.381. The van der Waals surface area contributed by atoms with E-state index in [1.54, 1.807) is 0 Å². The van der Waals surface area contributed by atoms with Gasteiger partial charge < -0.3 is 145 Å². The fourth-order valence-corrected chi connectivity index (χ4v) is 8.42. The topological polar surface area (TPSA) is 522 Å². The summed E-state index contributed by atoms with van der Waals surface area (Å²) in [6.07, 6.45) is -46.8. The van der Waals surface area contributed by atoms with E-state index in [1.807, 2.05) is 0 Å². The van der Waals surface area contributed by atoms with Crippen molar-refractivity contribution in [2.75, 3.05) is 39.6 Å². The van der Waals surface area contributed by atoms with E-state index in [0.717, 1.165) is 6.92 Å². The number of carboxylic acid groups (broad SMARTS) is 1. The molecule has 69 heavy (non-hydrogen) atoms. The Labute approximate surface area is 389 Å². The van der Waals surface area contributed by atoms with Crippen LogP contribution in [0.15, 0.2) is 0 Å². The maximum Gasteiger partial charge on any atom is 0.364 e. The third kappa shape index (κ3) is 12.4. The van der Waals surface area contributed by atoms with E-state index in [2.05, 4.69) is 10.6 Å². The van der Waals surface area contributed by atoms with E-state index in [-0.39, 0.29) is 0 Å². The van der Waals surface area contributed by atoms with Crippen molar-refractivity contribution in [3.8, 4) is 0 Å². The molecule has 0 radical (unpaired) electrons. The maximum atomic E-state index is 12.7. The van der Waals surface area contributed by atoms with Gasteiger partial charge in [-0.05, 0) is 0 Å². The third-order valence-corrected chi connectivity index (χ3v) is 12.2. The van der Waals surface area contributed by atoms with Crippen LogP contribution in [0.4, 0.5) is 0 Å². The fourth-order valence-electron chi connectivity index (χ4n) is 8.42. The molecule has 5 fully saturated rings. The molecule has 32 heteroatoms. The molecule has 0 bridgehead atoms. The quantitative estimate of drug-likeness (QED) is 0.0571. The van der Waals surface area contributed by atoms with Crippen LogP contribution < -0.4 is 10.6 Å². The Kier molecular flexibility index (Phi) is 20.2. The van der Waals surface area contributed by atoms with Crippen molar-refractivity contribution < 1.29 is 149 Å². The molecule has 0 aromatic heterocycles. The second-order valence-electron chi connectivity index (χ2n) is 16.9. The van der Waals surface area contributed by atoms with Gasteiger partial charge in [0.15, 0.2) is 25.2 Å². The maximum absolute atomic E-state index is 12.7. The van der Waals surface area contributed by atoms with Crippen molar-refractivity contribution in [3.05, 3.63) is 0 Å². The molecule has 5 saturated heterocycles. The average Bonchev–Trinajstić information content (AvgIpc) is 3.32. The summed E-state index contributed by atoms with van der Waals surface area (Å²) in [4.78, 5) is 37.2. The van der Waals surface area contributed by atoms with E-state index in [1.165, 1.54) is 0 Å². The van der Waals surface area contributed by atoms with Crippen LogP contribution in [-0.4, -0.2) is 308 Å². The summed E-state index contributed by atoms with van der Waals surface area (Å²) < 4.78 is 50.2. The summed E-state index contributed by atoms with van der Waals surface area (Å²) in [7, 11) is 0. The smallest absolute Gasteiger partial charge is 0.364 e. The van der Waals surface area contributed by atoms with Gasteiger partial charge in [0.1, 0.15) is 123 Å². The number of rotatable bonds is 19. The fraction of sp³-hybridized carbons (Fsp3) is 0.919. The highest BCUT2D eigenvalue weighted by Crippen LogP contribution is 2.37. The molecule has 1 unspecified atom stereocenters. The Morgan fingerprint density at radius 1 is 0.609 bits per heavy atom. The van der Waals surface area contributed by atoms with Crippen molar-refractivity contribution in [2.24, 2.45) is 0 Å². The lowest BCUT2D eigenvalue weighted by atomic mass is 9.88. The van der Waals surface area contributed by atoms with E-state index in [4.69, 9.17) is 42.6 Å². The molecule has 26 atom stereocenters. The van der Waals surface area contributed by atoms with Crippen LogP contribution in [0.2, 0.25) is 0 Å². The lowest BCUT2D eigenvalue weighted by Crippen LogP contribution is -2.70. The standard InChI is InChI=1S/C37H62N2O30/c1-9(45)38-18-22(52)28(14(6-43)64-33(18)68-31-21(51)12(4-41)63-35(27(31)57)67-29-13(5-42)62-32(58)25(55)24(29)54)66-34-26(56)23(53)20(50)15(65-34)8-61-37(36(59)60)2-10(46)17(39-16(48)7-44)30(69-37)19(49)11(47)3-40/h10-15,17-35,40-44,46-47,49-58H,2-8H2,1H3,(H,38,45)(H,39,48)(H,59,60)/t10-,11+,12+,13+,14+,15+,17+,18+,19+,20-,21-,22+,23-,24+,25+,26+,27+,28+,29+,30+,31-,32?,33-,34-,35-,37+/m0/s1. The predicted molar refractivity (Wildman–Crippen MR) is 208 cm³/mol. The van der Waals surface area contributed by atoms with Crippen LogP contribution in [-0.2, 0) is 57.0 Å². The molecule has 32 nitrogen and oxygen atoms in total. The summed E-state index contributed by atoms with van der Waals surface area (Å²) in [5.74, 6) is -7.03. The molecule has 0 spiro atoms. The Bertz CT molecular complexity index is 1670. The largest absolute Gasteiger partial charge is 0.477 e. The highest BCUT2D eigenvalue weighted by Gasteiger charge is 2.59. The SMILES string of the molecule is CC(=O)N[C@H]1[C@H](O[C@H]2[C@@H](O)[C@@H](CO)O[C@@H](O[C@H]3[C@H](O)[C@@H](O)C(O)O[C@@H]3CO)[C@@H]2O)O[C@H](CO)[C@@H](O[C@@H]2O[C@H](CO[C@]3(C(=O)O)C[C@H](O)[C@@H](NC(=O)CO)[C@H]([C@H](O)[C@H](O)CO)O3)[C@H](O)[C@H](O)[C@H]2O)[C@@H]1O. The minimum absolute atomic E-state index is 0.878. The van der Waals surface area contributed by atoms with Crippen LogP contribution in [0.5, 0.6) is 0 Å². The number of hydrogen-bond acceptors (Lipinski definition) is 29. The van der Waals surface area contributed by atoms with Crippen LogP contribution in [0.1, 0.15) is 13.3 Å². The van der Waals surface area contributed by atoms with Crippen molar-refractivity contribution in [1.82, 2.24) is 10.6 Å². The van der Waals surface area contributed by atoms with Crippen LogP contribution in [0.25, 0.3) is 0 Å². The third-order valence-electron chi connectivity index (χ3n) is 12.2.